The summed E-state index contributed by atoms with van der Waals surface area (Å²) in [5.74, 6) is -0.365. The Bertz CT molecular complexity index is 704. The fraction of sp³-hybridized carbons (Fsp3) is 0.0667. The number of thiocarbonyl (C=S) groups is 1. The molecule has 0 atom stereocenters. The summed E-state index contributed by atoms with van der Waals surface area (Å²) in [6.07, 6.45) is 0. The second-order valence-corrected chi connectivity index (χ2v) is 5.57. The third-order valence-corrected chi connectivity index (χ3v) is 3.72. The molecule has 0 heterocycles. The summed E-state index contributed by atoms with van der Waals surface area (Å²) in [7, 11) is 0. The van der Waals surface area contributed by atoms with Crippen molar-refractivity contribution >= 4 is 52.1 Å². The van der Waals surface area contributed by atoms with Crippen LogP contribution in [0, 0.1) is 6.92 Å². The summed E-state index contributed by atoms with van der Waals surface area (Å²) in [6, 6.07) is 12.2. The molecule has 2 rings (SSSR count). The molecule has 0 aliphatic heterocycles. The quantitative estimate of drug-likeness (QED) is 0.796. The van der Waals surface area contributed by atoms with Gasteiger partial charge in [0.2, 0.25) is 0 Å². The van der Waals surface area contributed by atoms with Crippen molar-refractivity contribution in [3.05, 3.63) is 63.6 Å². The van der Waals surface area contributed by atoms with E-state index in [9.17, 15) is 4.79 Å². The molecule has 0 spiro atoms. The first kappa shape index (κ1) is 15.8. The van der Waals surface area contributed by atoms with Crippen molar-refractivity contribution in [2.45, 2.75) is 6.92 Å². The van der Waals surface area contributed by atoms with Gasteiger partial charge < -0.3 is 5.32 Å². The number of halogens is 2. The van der Waals surface area contributed by atoms with Gasteiger partial charge in [-0.3, -0.25) is 10.1 Å². The molecular weight excluding hydrogens is 327 g/mol. The molecule has 21 heavy (non-hydrogen) atoms. The predicted molar refractivity (Wildman–Crippen MR) is 91.3 cm³/mol. The van der Waals surface area contributed by atoms with E-state index < -0.39 is 0 Å². The number of carbonyl (C=O) groups is 1. The first-order valence-corrected chi connectivity index (χ1v) is 7.27. The van der Waals surface area contributed by atoms with E-state index in [1.807, 2.05) is 19.1 Å². The zero-order valence-corrected chi connectivity index (χ0v) is 13.4. The molecule has 0 fully saturated rings. The summed E-state index contributed by atoms with van der Waals surface area (Å²) in [5, 5.41) is 6.65. The van der Waals surface area contributed by atoms with Crippen LogP contribution in [0.15, 0.2) is 42.5 Å². The molecule has 2 N–H and O–H groups in total. The first-order chi connectivity index (χ1) is 9.97. The van der Waals surface area contributed by atoms with Gasteiger partial charge in [0.25, 0.3) is 5.91 Å². The fourth-order valence-electron chi connectivity index (χ4n) is 1.65. The van der Waals surface area contributed by atoms with Crippen LogP contribution in [0.4, 0.5) is 5.69 Å². The monoisotopic (exact) mass is 338 g/mol. The van der Waals surface area contributed by atoms with Crippen molar-refractivity contribution in [3.8, 4) is 0 Å². The normalized spacial score (nSPS) is 10.0. The largest absolute Gasteiger partial charge is 0.332 e. The Kier molecular flexibility index (Phi) is 5.17. The van der Waals surface area contributed by atoms with Gasteiger partial charge in [-0.05, 0) is 49.0 Å². The molecule has 0 aliphatic carbocycles. The van der Waals surface area contributed by atoms with Crippen LogP contribution in [-0.4, -0.2) is 11.0 Å². The second-order valence-electron chi connectivity index (χ2n) is 4.35. The first-order valence-electron chi connectivity index (χ1n) is 6.10. The van der Waals surface area contributed by atoms with Crippen molar-refractivity contribution in [1.29, 1.82) is 0 Å². The number of hydrogen-bond donors (Lipinski definition) is 2. The van der Waals surface area contributed by atoms with Crippen LogP contribution < -0.4 is 10.6 Å². The van der Waals surface area contributed by atoms with Gasteiger partial charge >= 0.3 is 0 Å². The molecule has 108 valence electrons. The van der Waals surface area contributed by atoms with E-state index in [0.29, 0.717) is 21.3 Å². The molecular formula is C15H12Cl2N2OS. The molecule has 0 unspecified atom stereocenters. The van der Waals surface area contributed by atoms with E-state index in [1.54, 1.807) is 30.3 Å². The van der Waals surface area contributed by atoms with Crippen LogP contribution in [0.2, 0.25) is 10.0 Å². The molecule has 6 heteroatoms. The summed E-state index contributed by atoms with van der Waals surface area (Å²) >= 11 is 17.1. The average Bonchev–Trinajstić information content (AvgIpc) is 2.43. The van der Waals surface area contributed by atoms with Crippen molar-refractivity contribution in [3.63, 3.8) is 0 Å². The highest BCUT2D eigenvalue weighted by atomic mass is 35.5. The van der Waals surface area contributed by atoms with Crippen molar-refractivity contribution < 1.29 is 4.79 Å². The van der Waals surface area contributed by atoms with Gasteiger partial charge in [-0.2, -0.15) is 0 Å². The third kappa shape index (κ3) is 4.17. The lowest BCUT2D eigenvalue weighted by atomic mass is 10.2. The average molecular weight is 339 g/mol. The predicted octanol–water partition coefficient (Wildman–Crippen LogP) is 4.43. The maximum absolute atomic E-state index is 12.0. The Balaban J connectivity index is 2.03. The summed E-state index contributed by atoms with van der Waals surface area (Å²) < 4.78 is 0. The highest BCUT2D eigenvalue weighted by Crippen LogP contribution is 2.20. The van der Waals surface area contributed by atoms with Gasteiger partial charge in [0.1, 0.15) is 0 Å². The van der Waals surface area contributed by atoms with Crippen molar-refractivity contribution in [2.75, 3.05) is 5.32 Å². The highest BCUT2D eigenvalue weighted by Gasteiger charge is 2.11. The number of amides is 1. The van der Waals surface area contributed by atoms with Crippen LogP contribution in [0.1, 0.15) is 15.9 Å². The van der Waals surface area contributed by atoms with Gasteiger partial charge in [-0.1, -0.05) is 41.4 Å². The smallest absolute Gasteiger partial charge is 0.258 e. The number of aryl methyl sites for hydroxylation is 1. The molecule has 0 bridgehead atoms. The fourth-order valence-corrected chi connectivity index (χ4v) is 2.26. The Morgan fingerprint density at radius 2 is 1.81 bits per heavy atom. The van der Waals surface area contributed by atoms with Crippen molar-refractivity contribution in [1.82, 2.24) is 5.32 Å². The van der Waals surface area contributed by atoms with E-state index in [2.05, 4.69) is 10.6 Å². The lowest BCUT2D eigenvalue weighted by Gasteiger charge is -2.11. The van der Waals surface area contributed by atoms with E-state index in [4.69, 9.17) is 35.4 Å². The lowest BCUT2D eigenvalue weighted by molar-refractivity contribution is 0.0978. The van der Waals surface area contributed by atoms with E-state index in [1.165, 1.54) is 0 Å². The van der Waals surface area contributed by atoms with Crippen LogP contribution in [0.5, 0.6) is 0 Å². The summed E-state index contributed by atoms with van der Waals surface area (Å²) in [5.41, 5.74) is 2.04. The van der Waals surface area contributed by atoms with Gasteiger partial charge in [-0.15, -0.1) is 0 Å². The van der Waals surface area contributed by atoms with E-state index in [0.717, 1.165) is 5.56 Å². The summed E-state index contributed by atoms with van der Waals surface area (Å²) in [6.45, 7) is 1.91. The number of nitrogens with one attached hydrogen (secondary N) is 2. The van der Waals surface area contributed by atoms with Gasteiger partial charge in [-0.25, -0.2) is 0 Å². The zero-order chi connectivity index (χ0) is 15.4. The molecule has 2 aromatic rings. The SMILES string of the molecule is Cc1ccc(NC(=S)NC(=O)c2ccccc2Cl)cc1Cl. The van der Waals surface area contributed by atoms with Gasteiger partial charge in [0.05, 0.1) is 10.6 Å². The Morgan fingerprint density at radius 3 is 2.48 bits per heavy atom. The second kappa shape index (κ2) is 6.89. The van der Waals surface area contributed by atoms with Crippen LogP contribution in [0.3, 0.4) is 0 Å². The Labute approximate surface area is 138 Å². The van der Waals surface area contributed by atoms with Crippen LogP contribution in [-0.2, 0) is 0 Å². The lowest BCUT2D eigenvalue weighted by Crippen LogP contribution is -2.34. The molecule has 0 saturated carbocycles. The minimum atomic E-state index is -0.365. The number of rotatable bonds is 2. The van der Waals surface area contributed by atoms with E-state index >= 15 is 0 Å². The number of benzene rings is 2. The molecule has 1 amide bonds. The minimum Gasteiger partial charge on any atom is -0.332 e. The van der Waals surface area contributed by atoms with Crippen LogP contribution >= 0.6 is 35.4 Å². The maximum Gasteiger partial charge on any atom is 0.258 e. The molecule has 3 nitrogen and oxygen atoms in total. The minimum absolute atomic E-state index is 0.180. The molecule has 0 aliphatic rings. The maximum atomic E-state index is 12.0. The van der Waals surface area contributed by atoms with E-state index in [-0.39, 0.29) is 11.0 Å². The Morgan fingerprint density at radius 1 is 1.10 bits per heavy atom. The topological polar surface area (TPSA) is 41.1 Å². The molecule has 0 aromatic heterocycles. The molecule has 2 aromatic carbocycles. The van der Waals surface area contributed by atoms with Crippen molar-refractivity contribution in [2.24, 2.45) is 0 Å². The van der Waals surface area contributed by atoms with Crippen LogP contribution in [0.25, 0.3) is 0 Å². The molecule has 0 radical (unpaired) electrons. The highest BCUT2D eigenvalue weighted by molar-refractivity contribution is 7.80. The molecule has 0 saturated heterocycles. The summed E-state index contributed by atoms with van der Waals surface area (Å²) in [4.78, 5) is 12.0. The number of anilines is 1. The standard InChI is InChI=1S/C15H12Cl2N2OS/c1-9-6-7-10(8-13(9)17)18-15(21)19-14(20)11-4-2-3-5-12(11)16/h2-8H,1H3,(H2,18,19,20,21). The van der Waals surface area contributed by atoms with Gasteiger partial charge in [0.15, 0.2) is 5.11 Å². The number of hydrogen-bond acceptors (Lipinski definition) is 2. The Hall–Kier alpha value is -1.62. The third-order valence-electron chi connectivity index (χ3n) is 2.78. The van der Waals surface area contributed by atoms with Gasteiger partial charge in [0, 0.05) is 10.7 Å². The zero-order valence-electron chi connectivity index (χ0n) is 11.1. The number of carbonyl (C=O) groups excluding carboxylic acids is 1.